The third-order valence-electron chi connectivity index (χ3n) is 2.78. The van der Waals surface area contributed by atoms with Crippen molar-refractivity contribution in [2.24, 2.45) is 0 Å². The molecule has 1 aromatic carbocycles. The average Bonchev–Trinajstić information content (AvgIpc) is 2.38. The van der Waals surface area contributed by atoms with Crippen molar-refractivity contribution in [3.63, 3.8) is 0 Å². The van der Waals surface area contributed by atoms with Crippen LogP contribution in [0.5, 0.6) is 0 Å². The molecule has 0 saturated carbocycles. The minimum Gasteiger partial charge on any atom is -0.367 e. The molecule has 1 aliphatic rings. The second-order valence-electron chi connectivity index (χ2n) is 4.12. The number of Topliss-reactive ketones (excluding diaryl/α,β-unsaturated/α-hetero) is 1. The van der Waals surface area contributed by atoms with Crippen molar-refractivity contribution in [1.29, 1.82) is 0 Å². The van der Waals surface area contributed by atoms with Crippen LogP contribution in [0.4, 0.5) is 17.6 Å². The minimum absolute atomic E-state index is 0.206. The molecule has 2 rings (SSSR count). The predicted molar refractivity (Wildman–Crippen MR) is 58.3 cm³/mol. The molecule has 0 amide bonds. The third kappa shape index (κ3) is 3.10. The van der Waals surface area contributed by atoms with Gasteiger partial charge in [-0.1, -0.05) is 0 Å². The van der Waals surface area contributed by atoms with Crippen LogP contribution in [0.15, 0.2) is 18.2 Å². The summed E-state index contributed by atoms with van der Waals surface area (Å²) in [6, 6.07) is 2.20. The van der Waals surface area contributed by atoms with E-state index in [0.29, 0.717) is 25.3 Å². The van der Waals surface area contributed by atoms with Crippen molar-refractivity contribution in [1.82, 2.24) is 5.32 Å². The molecule has 0 radical (unpaired) electrons. The Morgan fingerprint density at radius 1 is 1.37 bits per heavy atom. The van der Waals surface area contributed by atoms with Crippen LogP contribution < -0.4 is 5.32 Å². The maximum absolute atomic E-state index is 13.1. The van der Waals surface area contributed by atoms with E-state index in [-0.39, 0.29) is 12.1 Å². The van der Waals surface area contributed by atoms with E-state index in [1.165, 1.54) is 0 Å². The molecular formula is C12H11F4NO2. The Labute approximate surface area is 106 Å². The van der Waals surface area contributed by atoms with Gasteiger partial charge in [-0.3, -0.25) is 4.79 Å². The molecule has 0 aromatic heterocycles. The van der Waals surface area contributed by atoms with E-state index in [0.717, 1.165) is 6.07 Å². The summed E-state index contributed by atoms with van der Waals surface area (Å²) in [4.78, 5) is 11.9. The van der Waals surface area contributed by atoms with Crippen LogP contribution in [-0.2, 0) is 10.9 Å². The maximum atomic E-state index is 13.1. The summed E-state index contributed by atoms with van der Waals surface area (Å²) < 4.78 is 55.9. The number of benzene rings is 1. The lowest BCUT2D eigenvalue weighted by Crippen LogP contribution is -2.43. The van der Waals surface area contributed by atoms with Gasteiger partial charge >= 0.3 is 6.18 Å². The molecule has 1 heterocycles. The fourth-order valence-electron chi connectivity index (χ4n) is 1.82. The lowest BCUT2D eigenvalue weighted by Gasteiger charge is -2.22. The van der Waals surface area contributed by atoms with Crippen LogP contribution in [0.2, 0.25) is 0 Å². The van der Waals surface area contributed by atoms with Crippen molar-refractivity contribution in [3.05, 3.63) is 35.1 Å². The van der Waals surface area contributed by atoms with Gasteiger partial charge in [0, 0.05) is 18.7 Å². The zero-order valence-corrected chi connectivity index (χ0v) is 9.76. The van der Waals surface area contributed by atoms with E-state index in [2.05, 4.69) is 5.32 Å². The maximum Gasteiger partial charge on any atom is 0.419 e. The van der Waals surface area contributed by atoms with Gasteiger partial charge in [0.1, 0.15) is 11.9 Å². The van der Waals surface area contributed by atoms with Gasteiger partial charge < -0.3 is 10.1 Å². The number of nitrogens with one attached hydrogen (secondary N) is 1. The molecule has 1 fully saturated rings. The molecule has 19 heavy (non-hydrogen) atoms. The zero-order valence-electron chi connectivity index (χ0n) is 9.76. The number of rotatable bonds is 2. The molecule has 1 aromatic rings. The summed E-state index contributed by atoms with van der Waals surface area (Å²) >= 11 is 0. The standard InChI is InChI=1S/C12H11F4NO2/c13-9-2-1-7(5-8(9)12(14,15)16)11(18)10-6-17-3-4-19-10/h1-2,5,10,17H,3-4,6H2. The van der Waals surface area contributed by atoms with Crippen molar-refractivity contribution in [2.75, 3.05) is 19.7 Å². The Balaban J connectivity index is 2.27. The predicted octanol–water partition coefficient (Wildman–Crippen LogP) is 2.02. The summed E-state index contributed by atoms with van der Waals surface area (Å²) in [6.07, 6.45) is -5.66. The number of morpholine rings is 1. The van der Waals surface area contributed by atoms with E-state index in [1.807, 2.05) is 0 Å². The average molecular weight is 277 g/mol. The molecule has 104 valence electrons. The number of ketones is 1. The van der Waals surface area contributed by atoms with Gasteiger partial charge in [-0.25, -0.2) is 4.39 Å². The number of halogens is 4. The van der Waals surface area contributed by atoms with Crippen molar-refractivity contribution < 1.29 is 27.1 Å². The summed E-state index contributed by atoms with van der Waals surface area (Å²) in [5, 5.41) is 2.90. The van der Waals surface area contributed by atoms with Gasteiger partial charge in [0.05, 0.1) is 12.2 Å². The van der Waals surface area contributed by atoms with Gasteiger partial charge in [-0.2, -0.15) is 13.2 Å². The highest BCUT2D eigenvalue weighted by Gasteiger charge is 2.35. The van der Waals surface area contributed by atoms with Gasteiger partial charge in [-0.05, 0) is 18.2 Å². The van der Waals surface area contributed by atoms with Crippen LogP contribution in [0.1, 0.15) is 15.9 Å². The molecule has 1 unspecified atom stereocenters. The van der Waals surface area contributed by atoms with Crippen LogP contribution >= 0.6 is 0 Å². The molecule has 1 N–H and O–H groups in total. The first kappa shape index (κ1) is 14.0. The molecule has 0 aliphatic carbocycles. The summed E-state index contributed by atoms with van der Waals surface area (Å²) in [7, 11) is 0. The van der Waals surface area contributed by atoms with Gasteiger partial charge in [-0.15, -0.1) is 0 Å². The molecule has 3 nitrogen and oxygen atoms in total. The van der Waals surface area contributed by atoms with Gasteiger partial charge in [0.15, 0.2) is 5.78 Å². The Bertz CT molecular complexity index is 481. The van der Waals surface area contributed by atoms with E-state index >= 15 is 0 Å². The monoisotopic (exact) mass is 277 g/mol. The number of carbonyl (C=O) groups is 1. The first-order chi connectivity index (χ1) is 8.89. The third-order valence-corrected chi connectivity index (χ3v) is 2.78. The number of carbonyl (C=O) groups excluding carboxylic acids is 1. The summed E-state index contributed by atoms with van der Waals surface area (Å²) in [6.45, 7) is 1.13. The number of ether oxygens (including phenoxy) is 1. The fraction of sp³-hybridized carbons (Fsp3) is 0.417. The number of alkyl halides is 3. The highest BCUT2D eigenvalue weighted by atomic mass is 19.4. The van der Waals surface area contributed by atoms with Crippen LogP contribution in [-0.4, -0.2) is 31.6 Å². The Morgan fingerprint density at radius 2 is 2.11 bits per heavy atom. The minimum atomic E-state index is -4.83. The Kier molecular flexibility index (Phi) is 3.86. The van der Waals surface area contributed by atoms with Crippen LogP contribution in [0.3, 0.4) is 0 Å². The molecule has 0 spiro atoms. The topological polar surface area (TPSA) is 38.3 Å². The number of hydrogen-bond acceptors (Lipinski definition) is 3. The molecule has 0 bridgehead atoms. The normalized spacial score (nSPS) is 20.3. The highest BCUT2D eigenvalue weighted by molar-refractivity contribution is 5.99. The van der Waals surface area contributed by atoms with Crippen LogP contribution in [0, 0.1) is 5.82 Å². The molecule has 7 heteroatoms. The largest absolute Gasteiger partial charge is 0.419 e. The molecule has 1 atom stereocenters. The second-order valence-corrected chi connectivity index (χ2v) is 4.12. The van der Waals surface area contributed by atoms with Crippen molar-refractivity contribution in [2.45, 2.75) is 12.3 Å². The van der Waals surface area contributed by atoms with E-state index in [1.54, 1.807) is 0 Å². The van der Waals surface area contributed by atoms with Gasteiger partial charge in [0.25, 0.3) is 0 Å². The molecular weight excluding hydrogens is 266 g/mol. The quantitative estimate of drug-likeness (QED) is 0.664. The summed E-state index contributed by atoms with van der Waals surface area (Å²) in [5.41, 5.74) is -1.65. The molecule has 1 aliphatic heterocycles. The first-order valence-electron chi connectivity index (χ1n) is 5.63. The van der Waals surface area contributed by atoms with E-state index in [4.69, 9.17) is 4.74 Å². The lowest BCUT2D eigenvalue weighted by molar-refractivity contribution is -0.140. The lowest BCUT2D eigenvalue weighted by atomic mass is 10.0. The Hall–Kier alpha value is -1.47. The summed E-state index contributed by atoms with van der Waals surface area (Å²) in [5.74, 6) is -1.98. The smallest absolute Gasteiger partial charge is 0.367 e. The second kappa shape index (κ2) is 5.26. The first-order valence-corrected chi connectivity index (χ1v) is 5.63. The Morgan fingerprint density at radius 3 is 2.68 bits per heavy atom. The number of hydrogen-bond donors (Lipinski definition) is 1. The van der Waals surface area contributed by atoms with Crippen molar-refractivity contribution in [3.8, 4) is 0 Å². The van der Waals surface area contributed by atoms with E-state index < -0.39 is 29.4 Å². The van der Waals surface area contributed by atoms with Crippen molar-refractivity contribution >= 4 is 5.78 Å². The fourth-order valence-corrected chi connectivity index (χ4v) is 1.82. The van der Waals surface area contributed by atoms with Gasteiger partial charge in [0.2, 0.25) is 0 Å². The van der Waals surface area contributed by atoms with E-state index in [9.17, 15) is 22.4 Å². The highest BCUT2D eigenvalue weighted by Crippen LogP contribution is 2.32. The van der Waals surface area contributed by atoms with Crippen LogP contribution in [0.25, 0.3) is 0 Å². The SMILES string of the molecule is O=C(c1ccc(F)c(C(F)(F)F)c1)C1CNCCO1. The zero-order chi connectivity index (χ0) is 14.0. The molecule has 1 saturated heterocycles.